The Morgan fingerprint density at radius 1 is 0.825 bits per heavy atom. The minimum absolute atomic E-state index is 0.162. The number of carbonyl (C=O) groups is 1. The number of carbonyl (C=O) groups excluding carboxylic acids is 1. The van der Waals surface area contributed by atoms with Crippen molar-refractivity contribution in [3.8, 4) is 0 Å². The molecule has 2 aliphatic heterocycles. The molecule has 236 valence electrons. The van der Waals surface area contributed by atoms with Gasteiger partial charge in [-0.05, 0) is 6.42 Å². The molecule has 4 unspecified atom stereocenters. The van der Waals surface area contributed by atoms with Gasteiger partial charge >= 0.3 is 31.1 Å². The van der Waals surface area contributed by atoms with E-state index >= 15 is 0 Å². The summed E-state index contributed by atoms with van der Waals surface area (Å²) in [5.74, 6) is -2.24. The standard InChI is InChI=1S/C18H33NO18S3/c1-3-9-11(4-20)35-14(18(17(9)22)37-40(29,30)31)7-33-5-10-12(8-34-39(26,27)28)36-13(6-32-2)15(16(10)21)19-38(23,24)25/h4,9-19,21-22H,3,5-8H2,1-2H3,(H,23,24,25)(H,26,27,28)(H,29,30,31)/t9-,10-,11?,12?,13-,14+,15-,16?,17?,18-/m1/s1. The molecule has 10 atom stereocenters. The first-order valence-corrected chi connectivity index (χ1v) is 15.8. The van der Waals surface area contributed by atoms with Crippen LogP contribution in [0, 0.1) is 11.8 Å². The maximum absolute atomic E-state index is 11.5. The molecule has 6 N–H and O–H groups in total. The molecule has 0 amide bonds. The van der Waals surface area contributed by atoms with E-state index in [4.69, 9.17) is 28.1 Å². The maximum Gasteiger partial charge on any atom is 0.397 e. The molecule has 40 heavy (non-hydrogen) atoms. The Bertz CT molecular complexity index is 1140. The van der Waals surface area contributed by atoms with Crippen LogP contribution < -0.4 is 4.72 Å². The first-order valence-electron chi connectivity index (χ1n) is 11.6. The molecule has 0 saturated carbocycles. The Kier molecular flexibility index (Phi) is 12.8. The highest BCUT2D eigenvalue weighted by Crippen LogP contribution is 2.32. The number of aliphatic hydroxyl groups is 2. The summed E-state index contributed by atoms with van der Waals surface area (Å²) in [6, 6.07) is -1.56. The van der Waals surface area contributed by atoms with E-state index in [1.165, 1.54) is 7.11 Å². The minimum Gasteiger partial charge on any atom is -0.391 e. The molecule has 2 fully saturated rings. The van der Waals surface area contributed by atoms with Crippen LogP contribution in [0.15, 0.2) is 0 Å². The molecule has 0 radical (unpaired) electrons. The summed E-state index contributed by atoms with van der Waals surface area (Å²) in [5, 5.41) is 21.6. The monoisotopic (exact) mass is 647 g/mol. The Morgan fingerprint density at radius 3 is 1.98 bits per heavy atom. The van der Waals surface area contributed by atoms with Gasteiger partial charge in [-0.3, -0.25) is 13.7 Å². The molecule has 2 aliphatic rings. The average Bonchev–Trinajstić information content (AvgIpc) is 2.81. The second kappa shape index (κ2) is 14.5. The first kappa shape index (κ1) is 35.2. The summed E-state index contributed by atoms with van der Waals surface area (Å²) in [7, 11) is -13.8. The van der Waals surface area contributed by atoms with Gasteiger partial charge in [0.15, 0.2) is 0 Å². The van der Waals surface area contributed by atoms with Crippen molar-refractivity contribution in [3.63, 3.8) is 0 Å². The molecule has 0 bridgehead atoms. The van der Waals surface area contributed by atoms with Gasteiger partial charge in [-0.1, -0.05) is 6.92 Å². The largest absolute Gasteiger partial charge is 0.397 e. The third-order valence-electron chi connectivity index (χ3n) is 6.36. The van der Waals surface area contributed by atoms with Gasteiger partial charge in [-0.2, -0.15) is 30.0 Å². The van der Waals surface area contributed by atoms with E-state index in [1.54, 1.807) is 11.6 Å². The lowest BCUT2D eigenvalue weighted by Crippen LogP contribution is -2.64. The van der Waals surface area contributed by atoms with Crippen molar-refractivity contribution in [2.24, 2.45) is 11.8 Å². The van der Waals surface area contributed by atoms with Crippen LogP contribution >= 0.6 is 0 Å². The first-order chi connectivity index (χ1) is 18.4. The van der Waals surface area contributed by atoms with Crippen LogP contribution in [0.4, 0.5) is 0 Å². The molecular formula is C18H33NO18S3. The van der Waals surface area contributed by atoms with Gasteiger partial charge in [0.25, 0.3) is 0 Å². The fraction of sp³-hybridized carbons (Fsp3) is 0.944. The molecule has 0 spiro atoms. The summed E-state index contributed by atoms with van der Waals surface area (Å²) in [4.78, 5) is 11.5. The highest BCUT2D eigenvalue weighted by Gasteiger charge is 2.49. The summed E-state index contributed by atoms with van der Waals surface area (Å²) >= 11 is 0. The van der Waals surface area contributed by atoms with Crippen LogP contribution in [-0.2, 0) is 63.2 Å². The zero-order chi connectivity index (χ0) is 30.5. The van der Waals surface area contributed by atoms with Gasteiger partial charge in [-0.25, -0.2) is 8.37 Å². The van der Waals surface area contributed by atoms with E-state index in [-0.39, 0.29) is 13.0 Å². The normalized spacial score (nSPS) is 35.9. The van der Waals surface area contributed by atoms with Gasteiger partial charge in [0.1, 0.15) is 30.7 Å². The molecule has 2 rings (SSSR count). The Hall–Kier alpha value is -0.960. The van der Waals surface area contributed by atoms with Gasteiger partial charge in [0, 0.05) is 18.9 Å². The lowest BCUT2D eigenvalue weighted by Gasteiger charge is -2.45. The van der Waals surface area contributed by atoms with Crippen molar-refractivity contribution in [1.82, 2.24) is 4.72 Å². The smallest absolute Gasteiger partial charge is 0.391 e. The molecule has 19 nitrogen and oxygen atoms in total. The number of ether oxygens (including phenoxy) is 4. The lowest BCUT2D eigenvalue weighted by atomic mass is 9.85. The van der Waals surface area contributed by atoms with Gasteiger partial charge in [0.2, 0.25) is 0 Å². The second-order valence-electron chi connectivity index (χ2n) is 9.02. The summed E-state index contributed by atoms with van der Waals surface area (Å²) in [5.41, 5.74) is 0. The predicted octanol–water partition coefficient (Wildman–Crippen LogP) is -3.48. The number of rotatable bonds is 15. The zero-order valence-corrected chi connectivity index (χ0v) is 23.6. The molecular weight excluding hydrogens is 614 g/mol. The second-order valence-corrected chi connectivity index (χ2v) is 12.3. The van der Waals surface area contributed by atoms with Crippen molar-refractivity contribution in [2.45, 2.75) is 62.1 Å². The van der Waals surface area contributed by atoms with Crippen molar-refractivity contribution < 1.29 is 81.2 Å². The van der Waals surface area contributed by atoms with Gasteiger partial charge in [-0.15, -0.1) is 0 Å². The minimum atomic E-state index is -5.11. The Morgan fingerprint density at radius 2 is 1.48 bits per heavy atom. The zero-order valence-electron chi connectivity index (χ0n) is 21.2. The topological polar surface area (TPSA) is 288 Å². The molecule has 0 aromatic heterocycles. The predicted molar refractivity (Wildman–Crippen MR) is 128 cm³/mol. The van der Waals surface area contributed by atoms with Crippen LogP contribution in [0.3, 0.4) is 0 Å². The molecule has 0 aromatic carbocycles. The maximum atomic E-state index is 11.5. The van der Waals surface area contributed by atoms with Crippen LogP contribution in [-0.4, -0.2) is 138 Å². The van der Waals surface area contributed by atoms with Crippen molar-refractivity contribution in [3.05, 3.63) is 0 Å². The summed E-state index contributed by atoms with van der Waals surface area (Å²) in [6.45, 7) is -0.898. The van der Waals surface area contributed by atoms with E-state index in [1.807, 2.05) is 0 Å². The van der Waals surface area contributed by atoms with E-state index < -0.39 is 112 Å². The number of hydrogen-bond acceptors (Lipinski definition) is 15. The molecule has 2 saturated heterocycles. The third-order valence-corrected chi connectivity index (χ3v) is 7.83. The van der Waals surface area contributed by atoms with E-state index in [9.17, 15) is 44.8 Å². The Balaban J connectivity index is 2.28. The highest BCUT2D eigenvalue weighted by atomic mass is 32.3. The summed E-state index contributed by atoms with van der Waals surface area (Å²) < 4.78 is 127. The fourth-order valence-electron chi connectivity index (χ4n) is 4.62. The van der Waals surface area contributed by atoms with Crippen LogP contribution in [0.5, 0.6) is 0 Å². The fourth-order valence-corrected chi connectivity index (χ4v) is 6.08. The highest BCUT2D eigenvalue weighted by molar-refractivity contribution is 7.83. The van der Waals surface area contributed by atoms with E-state index in [2.05, 4.69) is 8.37 Å². The SMILES string of the molecule is CC[C@@H]1C(C=O)O[C@@H](COC[C@@H]2C(COS(=O)(=O)O)O[C@H](COC)[C@@H](NS(=O)(=O)O)C2O)[C@@H](OS(=O)(=O)O)C1O. The van der Waals surface area contributed by atoms with Crippen LogP contribution in [0.2, 0.25) is 0 Å². The van der Waals surface area contributed by atoms with E-state index in [0.717, 1.165) is 0 Å². The van der Waals surface area contributed by atoms with E-state index in [0.29, 0.717) is 6.29 Å². The number of hydrogen-bond donors (Lipinski definition) is 6. The average molecular weight is 648 g/mol. The van der Waals surface area contributed by atoms with Crippen LogP contribution in [0.1, 0.15) is 13.3 Å². The Labute approximate surface area is 230 Å². The van der Waals surface area contributed by atoms with Gasteiger partial charge in [0.05, 0.1) is 50.8 Å². The molecule has 0 aliphatic carbocycles. The third kappa shape index (κ3) is 10.4. The number of aldehydes is 1. The number of aliphatic hydroxyl groups excluding tert-OH is 2. The van der Waals surface area contributed by atoms with Gasteiger partial charge < -0.3 is 34.0 Å². The molecule has 22 heteroatoms. The number of methoxy groups -OCH3 is 1. The quantitative estimate of drug-likeness (QED) is 0.0742. The lowest BCUT2D eigenvalue weighted by molar-refractivity contribution is -0.212. The van der Waals surface area contributed by atoms with Crippen LogP contribution in [0.25, 0.3) is 0 Å². The van der Waals surface area contributed by atoms with Crippen molar-refractivity contribution in [2.75, 3.05) is 33.5 Å². The molecule has 2 heterocycles. The van der Waals surface area contributed by atoms with Crippen molar-refractivity contribution in [1.29, 1.82) is 0 Å². The number of nitrogens with one attached hydrogen (secondary N) is 1. The summed E-state index contributed by atoms with van der Waals surface area (Å²) in [6.07, 6.45) is -9.95. The molecule has 0 aromatic rings. The van der Waals surface area contributed by atoms with Crippen molar-refractivity contribution >= 4 is 37.4 Å².